The second-order valence-corrected chi connectivity index (χ2v) is 5.14. The van der Waals surface area contributed by atoms with Gasteiger partial charge >= 0.3 is 0 Å². The first kappa shape index (κ1) is 14.9. The largest absolute Gasteiger partial charge is 0.385 e. The number of nitrogens with zero attached hydrogens (tertiary/aromatic N) is 1. The molecule has 0 bridgehead atoms. The van der Waals surface area contributed by atoms with Gasteiger partial charge in [-0.2, -0.15) is 0 Å². The number of nitrogens with one attached hydrogen (secondary N) is 1. The van der Waals surface area contributed by atoms with E-state index in [1.807, 2.05) is 37.3 Å². The number of benzene rings is 1. The Morgan fingerprint density at radius 1 is 1.25 bits per heavy atom. The molecule has 0 radical (unpaired) electrons. The van der Waals surface area contributed by atoms with Crippen LogP contribution in [0, 0.1) is 0 Å². The Morgan fingerprint density at radius 3 is 2.90 bits per heavy atom. The van der Waals surface area contributed by atoms with E-state index in [4.69, 9.17) is 4.74 Å². The average molecular weight is 274 g/mol. The van der Waals surface area contributed by atoms with Gasteiger partial charge < -0.3 is 15.2 Å². The molecule has 1 heterocycles. The van der Waals surface area contributed by atoms with E-state index in [1.54, 1.807) is 13.3 Å². The maximum atomic E-state index is 10.7. The van der Waals surface area contributed by atoms with E-state index in [9.17, 15) is 5.11 Å². The molecule has 0 saturated carbocycles. The van der Waals surface area contributed by atoms with Gasteiger partial charge in [-0.25, -0.2) is 0 Å². The molecule has 0 amide bonds. The Kier molecular flexibility index (Phi) is 5.06. The molecule has 20 heavy (non-hydrogen) atoms. The number of hydrogen-bond donors (Lipinski definition) is 2. The van der Waals surface area contributed by atoms with Crippen LogP contribution in [0.25, 0.3) is 10.9 Å². The summed E-state index contributed by atoms with van der Waals surface area (Å²) >= 11 is 0. The lowest BCUT2D eigenvalue weighted by Crippen LogP contribution is -2.29. The Hall–Kier alpha value is -1.49. The summed E-state index contributed by atoms with van der Waals surface area (Å²) in [7, 11) is 1.68. The van der Waals surface area contributed by atoms with Crippen molar-refractivity contribution >= 4 is 10.9 Å². The van der Waals surface area contributed by atoms with Crippen molar-refractivity contribution in [2.45, 2.75) is 18.9 Å². The second-order valence-electron chi connectivity index (χ2n) is 5.14. The Morgan fingerprint density at radius 2 is 2.10 bits per heavy atom. The molecule has 0 aliphatic carbocycles. The minimum atomic E-state index is -0.872. The first-order valence-corrected chi connectivity index (χ1v) is 6.91. The zero-order valence-corrected chi connectivity index (χ0v) is 12.1. The molecule has 1 aromatic carbocycles. The standard InChI is InChI=1S/C16H22N2O2/c1-16(19,8-10-17-11-12-20-2)14-6-3-7-15-13(14)5-4-9-18-15/h3-7,9,17,19H,8,10-12H2,1-2H3. The number of methoxy groups -OCH3 is 1. The van der Waals surface area contributed by atoms with Gasteiger partial charge in [-0.15, -0.1) is 0 Å². The van der Waals surface area contributed by atoms with E-state index >= 15 is 0 Å². The van der Waals surface area contributed by atoms with Crippen LogP contribution in [0.15, 0.2) is 36.5 Å². The highest BCUT2D eigenvalue weighted by molar-refractivity contribution is 5.82. The van der Waals surface area contributed by atoms with Crippen molar-refractivity contribution in [2.24, 2.45) is 0 Å². The first-order valence-electron chi connectivity index (χ1n) is 6.91. The Labute approximate surface area is 119 Å². The number of ether oxygens (including phenoxy) is 1. The number of pyridine rings is 1. The number of fused-ring (bicyclic) bond motifs is 1. The fraction of sp³-hybridized carbons (Fsp3) is 0.438. The molecular formula is C16H22N2O2. The van der Waals surface area contributed by atoms with Crippen LogP contribution in [-0.2, 0) is 10.3 Å². The van der Waals surface area contributed by atoms with Crippen LogP contribution in [0.1, 0.15) is 18.9 Å². The van der Waals surface area contributed by atoms with Gasteiger partial charge in [0.15, 0.2) is 0 Å². The maximum absolute atomic E-state index is 10.7. The van der Waals surface area contributed by atoms with E-state index in [0.29, 0.717) is 13.0 Å². The van der Waals surface area contributed by atoms with Crippen molar-refractivity contribution in [2.75, 3.05) is 26.8 Å². The van der Waals surface area contributed by atoms with Crippen molar-refractivity contribution in [3.8, 4) is 0 Å². The normalized spacial score (nSPS) is 14.3. The van der Waals surface area contributed by atoms with Gasteiger partial charge in [-0.1, -0.05) is 18.2 Å². The zero-order valence-electron chi connectivity index (χ0n) is 12.1. The molecule has 0 fully saturated rings. The number of aromatic nitrogens is 1. The Bertz CT molecular complexity index is 550. The predicted octanol–water partition coefficient (Wildman–Crippen LogP) is 2.07. The minimum absolute atomic E-state index is 0.644. The van der Waals surface area contributed by atoms with E-state index in [-0.39, 0.29) is 0 Å². The van der Waals surface area contributed by atoms with Crippen molar-refractivity contribution in [1.29, 1.82) is 0 Å². The van der Waals surface area contributed by atoms with E-state index < -0.39 is 5.60 Å². The fourth-order valence-electron chi connectivity index (χ4n) is 2.34. The molecule has 2 aromatic rings. The quantitative estimate of drug-likeness (QED) is 0.759. The number of hydrogen-bond acceptors (Lipinski definition) is 4. The summed E-state index contributed by atoms with van der Waals surface area (Å²) in [6, 6.07) is 9.78. The molecule has 4 heteroatoms. The van der Waals surface area contributed by atoms with Crippen LogP contribution in [0.5, 0.6) is 0 Å². The number of aliphatic hydroxyl groups is 1. The predicted molar refractivity (Wildman–Crippen MR) is 80.7 cm³/mol. The minimum Gasteiger partial charge on any atom is -0.385 e. The van der Waals surface area contributed by atoms with Crippen LogP contribution >= 0.6 is 0 Å². The van der Waals surface area contributed by atoms with Gasteiger partial charge in [-0.05, 0) is 37.6 Å². The SMILES string of the molecule is COCCNCCC(C)(O)c1cccc2ncccc12. The molecule has 4 nitrogen and oxygen atoms in total. The fourth-order valence-corrected chi connectivity index (χ4v) is 2.34. The third kappa shape index (κ3) is 3.54. The molecule has 1 unspecified atom stereocenters. The van der Waals surface area contributed by atoms with E-state index in [2.05, 4.69) is 10.3 Å². The highest BCUT2D eigenvalue weighted by Gasteiger charge is 2.24. The molecule has 2 rings (SSSR count). The molecule has 0 aliphatic rings. The van der Waals surface area contributed by atoms with Crippen molar-refractivity contribution < 1.29 is 9.84 Å². The lowest BCUT2D eigenvalue weighted by molar-refractivity contribution is 0.0490. The lowest BCUT2D eigenvalue weighted by atomic mass is 9.89. The van der Waals surface area contributed by atoms with Gasteiger partial charge in [-0.3, -0.25) is 4.98 Å². The first-order chi connectivity index (χ1) is 9.65. The smallest absolute Gasteiger partial charge is 0.0887 e. The van der Waals surface area contributed by atoms with Gasteiger partial charge in [0, 0.05) is 25.2 Å². The average Bonchev–Trinajstić information content (AvgIpc) is 2.46. The molecule has 1 aromatic heterocycles. The maximum Gasteiger partial charge on any atom is 0.0887 e. The van der Waals surface area contributed by atoms with Crippen LogP contribution in [0.2, 0.25) is 0 Å². The van der Waals surface area contributed by atoms with Crippen LogP contribution in [0.3, 0.4) is 0 Å². The third-order valence-electron chi connectivity index (χ3n) is 3.50. The van der Waals surface area contributed by atoms with Crippen LogP contribution in [-0.4, -0.2) is 36.9 Å². The number of rotatable bonds is 7. The molecule has 0 spiro atoms. The molecule has 0 aliphatic heterocycles. The molecular weight excluding hydrogens is 252 g/mol. The van der Waals surface area contributed by atoms with Crippen LogP contribution in [0.4, 0.5) is 0 Å². The van der Waals surface area contributed by atoms with E-state index in [0.717, 1.165) is 29.6 Å². The highest BCUT2D eigenvalue weighted by Crippen LogP contribution is 2.29. The summed E-state index contributed by atoms with van der Waals surface area (Å²) in [6.45, 7) is 4.07. The summed E-state index contributed by atoms with van der Waals surface area (Å²) in [5.41, 5.74) is 0.970. The molecule has 2 N–H and O–H groups in total. The summed E-state index contributed by atoms with van der Waals surface area (Å²) < 4.78 is 4.98. The van der Waals surface area contributed by atoms with Gasteiger partial charge in [0.05, 0.1) is 17.7 Å². The molecule has 0 saturated heterocycles. The van der Waals surface area contributed by atoms with Crippen LogP contribution < -0.4 is 5.32 Å². The molecule has 1 atom stereocenters. The van der Waals surface area contributed by atoms with Gasteiger partial charge in [0.2, 0.25) is 0 Å². The monoisotopic (exact) mass is 274 g/mol. The topological polar surface area (TPSA) is 54.4 Å². The highest BCUT2D eigenvalue weighted by atomic mass is 16.5. The van der Waals surface area contributed by atoms with Gasteiger partial charge in [0.25, 0.3) is 0 Å². The Balaban J connectivity index is 2.11. The third-order valence-corrected chi connectivity index (χ3v) is 3.50. The summed E-state index contributed by atoms with van der Waals surface area (Å²) in [5, 5.41) is 15.0. The second kappa shape index (κ2) is 6.79. The van der Waals surface area contributed by atoms with Crippen molar-refractivity contribution in [1.82, 2.24) is 10.3 Å². The van der Waals surface area contributed by atoms with Gasteiger partial charge in [0.1, 0.15) is 0 Å². The van der Waals surface area contributed by atoms with Crippen molar-refractivity contribution in [3.63, 3.8) is 0 Å². The van der Waals surface area contributed by atoms with E-state index in [1.165, 1.54) is 0 Å². The zero-order chi connectivity index (χ0) is 14.4. The summed E-state index contributed by atoms with van der Waals surface area (Å²) in [5.74, 6) is 0. The lowest BCUT2D eigenvalue weighted by Gasteiger charge is -2.25. The van der Waals surface area contributed by atoms with Crippen molar-refractivity contribution in [3.05, 3.63) is 42.1 Å². The summed E-state index contributed by atoms with van der Waals surface area (Å²) in [6.07, 6.45) is 2.41. The molecule has 108 valence electrons. The summed E-state index contributed by atoms with van der Waals surface area (Å²) in [4.78, 5) is 4.33.